The van der Waals surface area contributed by atoms with Crippen molar-refractivity contribution in [3.63, 3.8) is 0 Å². The topological polar surface area (TPSA) is 9.23 Å². The van der Waals surface area contributed by atoms with Crippen LogP contribution in [0.25, 0.3) is 0 Å². The average molecular weight is 98.1 g/mol. The van der Waals surface area contributed by atoms with E-state index in [0.717, 1.165) is 13.0 Å². The van der Waals surface area contributed by atoms with Crippen LogP contribution in [0.2, 0.25) is 0 Å². The highest BCUT2D eigenvalue weighted by molar-refractivity contribution is 5.03. The molecule has 0 saturated carbocycles. The molecule has 1 saturated heterocycles. The van der Waals surface area contributed by atoms with E-state index in [4.69, 9.17) is 4.74 Å². The summed E-state index contributed by atoms with van der Waals surface area (Å²) in [6, 6.07) is 0. The van der Waals surface area contributed by atoms with Crippen LogP contribution in [0.3, 0.4) is 0 Å². The highest BCUT2D eigenvalue weighted by atomic mass is 16.5. The molecule has 7 heavy (non-hydrogen) atoms. The Balaban J connectivity index is 2.48. The van der Waals surface area contributed by atoms with Crippen molar-refractivity contribution in [2.45, 2.75) is 19.4 Å². The lowest BCUT2D eigenvalue weighted by molar-refractivity contribution is 0.138. The van der Waals surface area contributed by atoms with Crippen molar-refractivity contribution >= 4 is 0 Å². The quantitative estimate of drug-likeness (QED) is 0.415. The van der Waals surface area contributed by atoms with Gasteiger partial charge in [-0.1, -0.05) is 6.58 Å². The molecule has 1 nitrogen and oxygen atoms in total. The van der Waals surface area contributed by atoms with Gasteiger partial charge in [0.25, 0.3) is 0 Å². The molecule has 0 aromatic heterocycles. The largest absolute Gasteiger partial charge is 0.374 e. The van der Waals surface area contributed by atoms with Gasteiger partial charge in [-0.25, -0.2) is 0 Å². The Labute approximate surface area is 44.0 Å². The number of hydrogen-bond donors (Lipinski definition) is 0. The maximum Gasteiger partial charge on any atom is 0.0755 e. The van der Waals surface area contributed by atoms with E-state index in [2.05, 4.69) is 6.58 Å². The van der Waals surface area contributed by atoms with Crippen molar-refractivity contribution in [1.82, 2.24) is 0 Å². The van der Waals surface area contributed by atoms with Gasteiger partial charge < -0.3 is 4.74 Å². The van der Waals surface area contributed by atoms with Crippen LogP contribution in [0.15, 0.2) is 12.2 Å². The monoisotopic (exact) mass is 98.1 g/mol. The third kappa shape index (κ3) is 0.829. The summed E-state index contributed by atoms with van der Waals surface area (Å²) in [7, 11) is 0. The smallest absolute Gasteiger partial charge is 0.0755 e. The highest BCUT2D eigenvalue weighted by Crippen LogP contribution is 2.15. The lowest BCUT2D eigenvalue weighted by atomic mass is 10.2. The van der Waals surface area contributed by atoms with E-state index in [0.29, 0.717) is 6.10 Å². The Morgan fingerprint density at radius 3 is 2.71 bits per heavy atom. The van der Waals surface area contributed by atoms with Gasteiger partial charge >= 0.3 is 0 Å². The first-order chi connectivity index (χ1) is 3.30. The molecular weight excluding hydrogens is 88.1 g/mol. The summed E-state index contributed by atoms with van der Waals surface area (Å²) in [5, 5.41) is 0. The third-order valence-electron chi connectivity index (χ3n) is 1.37. The van der Waals surface area contributed by atoms with E-state index in [1.54, 1.807) is 0 Å². The average Bonchev–Trinajstić information content (AvgIpc) is 1.91. The number of rotatable bonds is 0. The Hall–Kier alpha value is -0.300. The Bertz CT molecular complexity index is 86.2. The molecule has 0 N–H and O–H groups in total. The van der Waals surface area contributed by atoms with Crippen LogP contribution in [-0.4, -0.2) is 12.7 Å². The summed E-state index contributed by atoms with van der Waals surface area (Å²) in [5.41, 5.74) is 1.24. The van der Waals surface area contributed by atoms with Gasteiger partial charge in [-0.3, -0.25) is 0 Å². The molecule has 1 atom stereocenters. The minimum atomic E-state index is 0.319. The molecule has 1 heteroatoms. The molecule has 1 fully saturated rings. The molecule has 1 aliphatic heterocycles. The van der Waals surface area contributed by atoms with E-state index < -0.39 is 0 Å². The van der Waals surface area contributed by atoms with Crippen molar-refractivity contribution in [3.05, 3.63) is 12.2 Å². The SMILES string of the molecule is C=C1CCOC1C. The van der Waals surface area contributed by atoms with Crippen molar-refractivity contribution in [2.75, 3.05) is 6.61 Å². The van der Waals surface area contributed by atoms with Gasteiger partial charge in [-0.2, -0.15) is 0 Å². The van der Waals surface area contributed by atoms with Gasteiger partial charge in [0.15, 0.2) is 0 Å². The zero-order valence-corrected chi connectivity index (χ0v) is 4.61. The van der Waals surface area contributed by atoms with E-state index in [1.807, 2.05) is 6.92 Å². The predicted molar refractivity (Wildman–Crippen MR) is 29.2 cm³/mol. The van der Waals surface area contributed by atoms with Gasteiger partial charge in [-0.05, 0) is 18.9 Å². The zero-order valence-electron chi connectivity index (χ0n) is 4.61. The lowest BCUT2D eigenvalue weighted by Gasteiger charge is -1.98. The van der Waals surface area contributed by atoms with Gasteiger partial charge in [0, 0.05) is 0 Å². The fourth-order valence-corrected chi connectivity index (χ4v) is 0.688. The Kier molecular flexibility index (Phi) is 1.15. The second-order valence-corrected chi connectivity index (χ2v) is 1.92. The molecule has 1 heterocycles. The minimum Gasteiger partial charge on any atom is -0.374 e. The second kappa shape index (κ2) is 1.66. The molecule has 1 unspecified atom stereocenters. The van der Waals surface area contributed by atoms with Crippen LogP contribution in [0, 0.1) is 0 Å². The van der Waals surface area contributed by atoms with E-state index in [1.165, 1.54) is 5.57 Å². The molecule has 0 radical (unpaired) electrons. The van der Waals surface area contributed by atoms with Crippen LogP contribution < -0.4 is 0 Å². The van der Waals surface area contributed by atoms with Crippen molar-refractivity contribution in [2.24, 2.45) is 0 Å². The summed E-state index contributed by atoms with van der Waals surface area (Å²) in [5.74, 6) is 0. The van der Waals surface area contributed by atoms with Crippen molar-refractivity contribution < 1.29 is 4.74 Å². The Morgan fingerprint density at radius 2 is 2.57 bits per heavy atom. The Morgan fingerprint density at radius 1 is 1.86 bits per heavy atom. The summed E-state index contributed by atoms with van der Waals surface area (Å²) in [6.07, 6.45) is 1.38. The van der Waals surface area contributed by atoms with E-state index in [-0.39, 0.29) is 0 Å². The summed E-state index contributed by atoms with van der Waals surface area (Å²) in [4.78, 5) is 0. The zero-order chi connectivity index (χ0) is 5.28. The molecule has 1 aliphatic rings. The highest BCUT2D eigenvalue weighted by Gasteiger charge is 2.12. The van der Waals surface area contributed by atoms with Gasteiger partial charge in [0.1, 0.15) is 0 Å². The number of ether oxygens (including phenoxy) is 1. The van der Waals surface area contributed by atoms with Crippen LogP contribution in [-0.2, 0) is 4.74 Å². The fourth-order valence-electron chi connectivity index (χ4n) is 0.688. The first-order valence-corrected chi connectivity index (χ1v) is 2.60. The fraction of sp³-hybridized carbons (Fsp3) is 0.667. The normalized spacial score (nSPS) is 31.6. The summed E-state index contributed by atoms with van der Waals surface area (Å²) in [6.45, 7) is 6.72. The van der Waals surface area contributed by atoms with Crippen LogP contribution >= 0.6 is 0 Å². The van der Waals surface area contributed by atoms with Gasteiger partial charge in [0.2, 0.25) is 0 Å². The summed E-state index contributed by atoms with van der Waals surface area (Å²) < 4.78 is 5.17. The lowest BCUT2D eigenvalue weighted by Crippen LogP contribution is -1.97. The van der Waals surface area contributed by atoms with Gasteiger partial charge in [0.05, 0.1) is 12.7 Å². The third-order valence-corrected chi connectivity index (χ3v) is 1.37. The van der Waals surface area contributed by atoms with E-state index >= 15 is 0 Å². The molecule has 40 valence electrons. The number of hydrogen-bond acceptors (Lipinski definition) is 1. The first kappa shape index (κ1) is 4.85. The molecule has 0 aliphatic carbocycles. The standard InChI is InChI=1S/C6H10O/c1-5-3-4-7-6(5)2/h6H,1,3-4H2,2H3. The summed E-state index contributed by atoms with van der Waals surface area (Å²) >= 11 is 0. The maximum atomic E-state index is 5.17. The van der Waals surface area contributed by atoms with Crippen molar-refractivity contribution in [3.8, 4) is 0 Å². The molecule has 0 aromatic carbocycles. The molecule has 1 rings (SSSR count). The van der Waals surface area contributed by atoms with Crippen LogP contribution in [0.4, 0.5) is 0 Å². The minimum absolute atomic E-state index is 0.319. The van der Waals surface area contributed by atoms with Crippen LogP contribution in [0.5, 0.6) is 0 Å². The molecule has 0 aromatic rings. The van der Waals surface area contributed by atoms with E-state index in [9.17, 15) is 0 Å². The van der Waals surface area contributed by atoms with Crippen LogP contribution in [0.1, 0.15) is 13.3 Å². The van der Waals surface area contributed by atoms with Gasteiger partial charge in [-0.15, -0.1) is 0 Å². The molecule has 0 bridgehead atoms. The second-order valence-electron chi connectivity index (χ2n) is 1.92. The molecule has 0 amide bonds. The predicted octanol–water partition coefficient (Wildman–Crippen LogP) is 1.35. The van der Waals surface area contributed by atoms with Crippen molar-refractivity contribution in [1.29, 1.82) is 0 Å². The molecular formula is C6H10O. The maximum absolute atomic E-state index is 5.17. The molecule has 0 spiro atoms. The first-order valence-electron chi connectivity index (χ1n) is 2.60.